The Bertz CT molecular complexity index is 817. The smallest absolute Gasteiger partial charge is 0.178 e. The van der Waals surface area contributed by atoms with E-state index in [-0.39, 0.29) is 0 Å². The number of aryl methyl sites for hydroxylation is 1. The standard InChI is InChI=1S/C16H16N2OS/c1-11-4-3-5-12(8-11)10-18-15-7-6-13(19-2)9-14(15)17-16(18)20/h3-9H,10H2,1-2H3,(H,17,20). The SMILES string of the molecule is COc1ccc2c(c1)[nH]c(=S)n2Cc1cccc(C)c1. The van der Waals surface area contributed by atoms with E-state index in [9.17, 15) is 0 Å². The van der Waals surface area contributed by atoms with E-state index in [1.807, 2.05) is 18.2 Å². The first kappa shape index (κ1) is 12.9. The second-order valence-electron chi connectivity index (χ2n) is 4.89. The maximum Gasteiger partial charge on any atom is 0.178 e. The van der Waals surface area contributed by atoms with Gasteiger partial charge in [0.25, 0.3) is 0 Å². The molecular formula is C16H16N2OS. The predicted octanol–water partition coefficient (Wildman–Crippen LogP) is 4.06. The molecule has 2 aromatic carbocycles. The maximum absolute atomic E-state index is 5.43. The fraction of sp³-hybridized carbons (Fsp3) is 0.188. The first-order valence-corrected chi connectivity index (χ1v) is 6.90. The van der Waals surface area contributed by atoms with Gasteiger partial charge in [-0.05, 0) is 36.8 Å². The first-order valence-electron chi connectivity index (χ1n) is 6.49. The molecule has 0 unspecified atom stereocenters. The lowest BCUT2D eigenvalue weighted by Gasteiger charge is -2.06. The van der Waals surface area contributed by atoms with Crippen LogP contribution in [0.3, 0.4) is 0 Å². The third kappa shape index (κ3) is 2.34. The average Bonchev–Trinajstić information content (AvgIpc) is 2.74. The summed E-state index contributed by atoms with van der Waals surface area (Å²) in [6.07, 6.45) is 0. The molecule has 0 atom stereocenters. The molecule has 0 aliphatic carbocycles. The summed E-state index contributed by atoms with van der Waals surface area (Å²) in [4.78, 5) is 3.23. The van der Waals surface area contributed by atoms with Gasteiger partial charge in [0.2, 0.25) is 0 Å². The van der Waals surface area contributed by atoms with Gasteiger partial charge in [-0.1, -0.05) is 29.8 Å². The summed E-state index contributed by atoms with van der Waals surface area (Å²) < 4.78 is 8.08. The van der Waals surface area contributed by atoms with Crippen LogP contribution in [0, 0.1) is 11.7 Å². The van der Waals surface area contributed by atoms with Gasteiger partial charge in [-0.25, -0.2) is 0 Å². The van der Waals surface area contributed by atoms with Crippen LogP contribution < -0.4 is 4.74 Å². The topological polar surface area (TPSA) is 29.9 Å². The molecule has 102 valence electrons. The molecule has 0 saturated heterocycles. The zero-order valence-electron chi connectivity index (χ0n) is 11.5. The van der Waals surface area contributed by atoms with Crippen molar-refractivity contribution < 1.29 is 4.74 Å². The van der Waals surface area contributed by atoms with E-state index >= 15 is 0 Å². The van der Waals surface area contributed by atoms with Gasteiger partial charge in [0.05, 0.1) is 24.7 Å². The molecule has 0 bridgehead atoms. The highest BCUT2D eigenvalue weighted by atomic mass is 32.1. The summed E-state index contributed by atoms with van der Waals surface area (Å²) in [5.41, 5.74) is 4.60. The first-order chi connectivity index (χ1) is 9.67. The number of nitrogens with one attached hydrogen (secondary N) is 1. The summed E-state index contributed by atoms with van der Waals surface area (Å²) in [7, 11) is 1.67. The highest BCUT2D eigenvalue weighted by molar-refractivity contribution is 7.71. The van der Waals surface area contributed by atoms with Crippen molar-refractivity contribution in [2.24, 2.45) is 0 Å². The zero-order chi connectivity index (χ0) is 14.1. The van der Waals surface area contributed by atoms with E-state index in [1.165, 1.54) is 11.1 Å². The van der Waals surface area contributed by atoms with E-state index in [0.29, 0.717) is 0 Å². The second kappa shape index (κ2) is 5.13. The Labute approximate surface area is 122 Å². The summed E-state index contributed by atoms with van der Waals surface area (Å²) in [5.74, 6) is 0.830. The summed E-state index contributed by atoms with van der Waals surface area (Å²) in [6, 6.07) is 14.4. The summed E-state index contributed by atoms with van der Waals surface area (Å²) >= 11 is 5.43. The lowest BCUT2D eigenvalue weighted by Crippen LogP contribution is -1.99. The third-order valence-corrected chi connectivity index (χ3v) is 3.73. The van der Waals surface area contributed by atoms with Crippen LogP contribution in [0.5, 0.6) is 5.75 Å². The number of hydrogen-bond acceptors (Lipinski definition) is 2. The number of hydrogen-bond donors (Lipinski definition) is 1. The Kier molecular flexibility index (Phi) is 3.32. The monoisotopic (exact) mass is 284 g/mol. The number of rotatable bonds is 3. The number of nitrogens with zero attached hydrogens (tertiary/aromatic N) is 1. The van der Waals surface area contributed by atoms with Crippen molar-refractivity contribution in [1.29, 1.82) is 0 Å². The number of aromatic amines is 1. The lowest BCUT2D eigenvalue weighted by molar-refractivity contribution is 0.415. The van der Waals surface area contributed by atoms with Crippen molar-refractivity contribution in [3.05, 3.63) is 58.4 Å². The van der Waals surface area contributed by atoms with E-state index in [4.69, 9.17) is 17.0 Å². The molecule has 1 heterocycles. The van der Waals surface area contributed by atoms with Crippen LogP contribution >= 0.6 is 12.2 Å². The molecule has 4 heteroatoms. The van der Waals surface area contributed by atoms with Gasteiger partial charge >= 0.3 is 0 Å². The number of ether oxygens (including phenoxy) is 1. The normalized spacial score (nSPS) is 10.9. The molecule has 20 heavy (non-hydrogen) atoms. The zero-order valence-corrected chi connectivity index (χ0v) is 12.3. The van der Waals surface area contributed by atoms with E-state index in [1.54, 1.807) is 7.11 Å². The molecule has 0 aliphatic rings. The lowest BCUT2D eigenvalue weighted by atomic mass is 10.1. The fourth-order valence-corrected chi connectivity index (χ4v) is 2.69. The van der Waals surface area contributed by atoms with Crippen LogP contribution in [-0.2, 0) is 6.54 Å². The molecule has 0 fully saturated rings. The summed E-state index contributed by atoms with van der Waals surface area (Å²) in [6.45, 7) is 2.87. The number of fused-ring (bicyclic) bond motifs is 1. The molecule has 0 radical (unpaired) electrons. The van der Waals surface area contributed by atoms with Crippen molar-refractivity contribution in [3.8, 4) is 5.75 Å². The van der Waals surface area contributed by atoms with Crippen LogP contribution in [0.15, 0.2) is 42.5 Å². The quantitative estimate of drug-likeness (QED) is 0.735. The Balaban J connectivity index is 2.07. The van der Waals surface area contributed by atoms with Crippen LogP contribution in [-0.4, -0.2) is 16.7 Å². The van der Waals surface area contributed by atoms with E-state index < -0.39 is 0 Å². The Morgan fingerprint density at radius 1 is 1.20 bits per heavy atom. The number of aromatic nitrogens is 2. The largest absolute Gasteiger partial charge is 0.497 e. The van der Waals surface area contributed by atoms with Crippen LogP contribution in [0.2, 0.25) is 0 Å². The van der Waals surface area contributed by atoms with Crippen molar-refractivity contribution in [3.63, 3.8) is 0 Å². The fourth-order valence-electron chi connectivity index (χ4n) is 2.42. The van der Waals surface area contributed by atoms with Gasteiger partial charge in [-0.2, -0.15) is 0 Å². The third-order valence-electron chi connectivity index (χ3n) is 3.40. The van der Waals surface area contributed by atoms with E-state index in [0.717, 1.165) is 28.1 Å². The number of imidazole rings is 1. The Hall–Kier alpha value is -2.07. The molecule has 3 aromatic rings. The number of benzene rings is 2. The van der Waals surface area contributed by atoms with Crippen molar-refractivity contribution in [2.45, 2.75) is 13.5 Å². The molecule has 1 N–H and O–H groups in total. The van der Waals surface area contributed by atoms with Crippen LogP contribution in [0.25, 0.3) is 11.0 Å². The Morgan fingerprint density at radius 2 is 2.05 bits per heavy atom. The van der Waals surface area contributed by atoms with Gasteiger partial charge in [0.1, 0.15) is 5.75 Å². The van der Waals surface area contributed by atoms with Crippen LogP contribution in [0.1, 0.15) is 11.1 Å². The maximum atomic E-state index is 5.43. The Morgan fingerprint density at radius 3 is 2.80 bits per heavy atom. The minimum absolute atomic E-state index is 0.731. The highest BCUT2D eigenvalue weighted by Crippen LogP contribution is 2.21. The minimum atomic E-state index is 0.731. The van der Waals surface area contributed by atoms with Crippen molar-refractivity contribution >= 4 is 23.3 Å². The highest BCUT2D eigenvalue weighted by Gasteiger charge is 2.06. The molecule has 0 amide bonds. The summed E-state index contributed by atoms with van der Waals surface area (Å²) in [5, 5.41) is 0. The molecule has 3 nitrogen and oxygen atoms in total. The molecule has 0 saturated carbocycles. The molecule has 1 aromatic heterocycles. The minimum Gasteiger partial charge on any atom is -0.497 e. The number of methoxy groups -OCH3 is 1. The van der Waals surface area contributed by atoms with Crippen LogP contribution in [0.4, 0.5) is 0 Å². The molecular weight excluding hydrogens is 268 g/mol. The molecule has 0 spiro atoms. The molecule has 3 rings (SSSR count). The van der Waals surface area contributed by atoms with Crippen molar-refractivity contribution in [2.75, 3.05) is 7.11 Å². The van der Waals surface area contributed by atoms with Gasteiger partial charge in [-0.3, -0.25) is 0 Å². The van der Waals surface area contributed by atoms with Crippen molar-refractivity contribution in [1.82, 2.24) is 9.55 Å². The predicted molar refractivity (Wildman–Crippen MR) is 84.0 cm³/mol. The van der Waals surface area contributed by atoms with E-state index in [2.05, 4.69) is 40.7 Å². The second-order valence-corrected chi connectivity index (χ2v) is 5.28. The van der Waals surface area contributed by atoms with Gasteiger partial charge in [-0.15, -0.1) is 0 Å². The average molecular weight is 284 g/mol. The molecule has 0 aliphatic heterocycles. The van der Waals surface area contributed by atoms with Gasteiger partial charge < -0.3 is 14.3 Å². The van der Waals surface area contributed by atoms with Gasteiger partial charge in [0.15, 0.2) is 4.77 Å². The number of H-pyrrole nitrogens is 1. The van der Waals surface area contributed by atoms with Gasteiger partial charge in [0, 0.05) is 6.07 Å².